The van der Waals surface area contributed by atoms with E-state index in [4.69, 9.17) is 12.2 Å². The number of rotatable bonds is 2. The van der Waals surface area contributed by atoms with Crippen LogP contribution in [0.1, 0.15) is 67.9 Å². The molecule has 2 rings (SSSR count). The van der Waals surface area contributed by atoms with Gasteiger partial charge in [0.1, 0.15) is 4.88 Å². The van der Waals surface area contributed by atoms with E-state index >= 15 is 0 Å². The summed E-state index contributed by atoms with van der Waals surface area (Å²) in [7, 11) is 1.66. The second-order valence-electron chi connectivity index (χ2n) is 8.21. The number of hydrogen-bond donors (Lipinski definition) is 1. The maximum atomic E-state index is 13.0. The Balaban J connectivity index is 2.67. The molecule has 0 unspecified atom stereocenters. The van der Waals surface area contributed by atoms with Gasteiger partial charge in [-0.2, -0.15) is 0 Å². The number of aromatic hydroxyl groups is 1. The molecule has 1 heterocycles. The van der Waals surface area contributed by atoms with Gasteiger partial charge in [0.05, 0.1) is 0 Å². The number of nitrogens with zero attached hydrogens (tertiary/aromatic N) is 1. The van der Waals surface area contributed by atoms with Crippen molar-refractivity contribution in [3.63, 3.8) is 0 Å². The fourth-order valence-electron chi connectivity index (χ4n) is 2.34. The van der Waals surface area contributed by atoms with Crippen LogP contribution in [0.25, 0.3) is 0 Å². The van der Waals surface area contributed by atoms with Crippen LogP contribution in [0.15, 0.2) is 18.2 Å². The molecule has 0 aliphatic heterocycles. The van der Waals surface area contributed by atoms with Gasteiger partial charge in [-0.15, -0.1) is 0 Å². The first-order valence-electron chi connectivity index (χ1n) is 7.92. The lowest BCUT2D eigenvalue weighted by Crippen LogP contribution is -2.18. The first-order chi connectivity index (χ1) is 10.8. The van der Waals surface area contributed by atoms with Crippen molar-refractivity contribution in [2.24, 2.45) is 7.05 Å². The van der Waals surface area contributed by atoms with Gasteiger partial charge in [0.15, 0.2) is 3.95 Å². The highest BCUT2D eigenvalue weighted by atomic mass is 32.1. The van der Waals surface area contributed by atoms with Crippen LogP contribution in [0, 0.1) is 3.95 Å². The van der Waals surface area contributed by atoms with Crippen molar-refractivity contribution >= 4 is 29.3 Å². The zero-order chi connectivity index (χ0) is 18.4. The molecule has 2 aromatic rings. The third-order valence-corrected chi connectivity index (χ3v) is 5.66. The highest BCUT2D eigenvalue weighted by Gasteiger charge is 2.25. The highest BCUT2D eigenvalue weighted by molar-refractivity contribution is 7.73. The molecule has 130 valence electrons. The fraction of sp³-hybridized carbons (Fsp3) is 0.474. The molecule has 0 saturated heterocycles. The summed E-state index contributed by atoms with van der Waals surface area (Å²) in [5, 5.41) is 10.2. The Bertz CT molecular complexity index is 813. The lowest BCUT2D eigenvalue weighted by molar-refractivity contribution is 0.103. The van der Waals surface area contributed by atoms with E-state index in [2.05, 4.69) is 47.6 Å². The van der Waals surface area contributed by atoms with Crippen LogP contribution in [-0.2, 0) is 17.9 Å². The van der Waals surface area contributed by atoms with Crippen LogP contribution in [0.2, 0.25) is 0 Å². The Morgan fingerprint density at radius 1 is 1.04 bits per heavy atom. The van der Waals surface area contributed by atoms with E-state index in [1.807, 2.05) is 12.1 Å². The van der Waals surface area contributed by atoms with Crippen molar-refractivity contribution in [3.05, 3.63) is 43.7 Å². The van der Waals surface area contributed by atoms with E-state index in [1.54, 1.807) is 7.05 Å². The number of aromatic nitrogens is 1. The summed E-state index contributed by atoms with van der Waals surface area (Å²) in [6, 6.07) is 6.03. The van der Waals surface area contributed by atoms with Gasteiger partial charge in [-0.3, -0.25) is 9.36 Å². The number of benzene rings is 1. The van der Waals surface area contributed by atoms with Gasteiger partial charge in [0, 0.05) is 12.6 Å². The Kier molecular flexibility index (Phi) is 4.81. The van der Waals surface area contributed by atoms with Gasteiger partial charge in [-0.25, -0.2) is 0 Å². The molecule has 24 heavy (non-hydrogen) atoms. The van der Waals surface area contributed by atoms with E-state index in [1.165, 1.54) is 4.57 Å². The second-order valence-corrected chi connectivity index (χ2v) is 9.85. The quantitative estimate of drug-likeness (QED) is 0.578. The van der Waals surface area contributed by atoms with Crippen molar-refractivity contribution < 1.29 is 9.90 Å². The predicted molar refractivity (Wildman–Crippen MR) is 103 cm³/mol. The van der Waals surface area contributed by atoms with E-state index in [0.29, 0.717) is 14.4 Å². The summed E-state index contributed by atoms with van der Waals surface area (Å²) in [4.78, 5) is 13.3. The van der Waals surface area contributed by atoms with Crippen molar-refractivity contribution in [2.45, 2.75) is 52.4 Å². The molecular formula is C19H25NO2S2. The van der Waals surface area contributed by atoms with E-state index in [-0.39, 0.29) is 22.5 Å². The van der Waals surface area contributed by atoms with E-state index < -0.39 is 0 Å². The molecule has 1 N–H and O–H groups in total. The summed E-state index contributed by atoms with van der Waals surface area (Å²) < 4.78 is 1.95. The standard InChI is InChI=1S/C19H25NO2S2/c1-18(2,3)12-8-11(9-13(10-12)19(4,5)6)14(21)15-16(22)20(7)17(23)24-15/h8-10,22H,1-7H3. The molecule has 5 heteroatoms. The summed E-state index contributed by atoms with van der Waals surface area (Å²) in [5.41, 5.74) is 2.68. The lowest BCUT2D eigenvalue weighted by Gasteiger charge is -2.26. The van der Waals surface area contributed by atoms with Gasteiger partial charge < -0.3 is 5.11 Å². The largest absolute Gasteiger partial charge is 0.493 e. The molecule has 0 spiro atoms. The maximum absolute atomic E-state index is 13.0. The molecule has 0 bridgehead atoms. The Hall–Kier alpha value is -1.46. The molecule has 1 aromatic carbocycles. The minimum absolute atomic E-state index is 0.0616. The van der Waals surface area contributed by atoms with Crippen molar-refractivity contribution in [3.8, 4) is 5.88 Å². The van der Waals surface area contributed by atoms with Crippen LogP contribution in [0.3, 0.4) is 0 Å². The Morgan fingerprint density at radius 3 is 1.83 bits per heavy atom. The summed E-state index contributed by atoms with van der Waals surface area (Å²) in [6.07, 6.45) is 0. The zero-order valence-electron chi connectivity index (χ0n) is 15.4. The Labute approximate surface area is 153 Å². The van der Waals surface area contributed by atoms with Crippen LogP contribution >= 0.6 is 23.6 Å². The third-order valence-electron chi connectivity index (χ3n) is 4.12. The first kappa shape index (κ1) is 18.9. The van der Waals surface area contributed by atoms with Crippen molar-refractivity contribution in [2.75, 3.05) is 0 Å². The first-order valence-corrected chi connectivity index (χ1v) is 9.14. The maximum Gasteiger partial charge on any atom is 0.214 e. The van der Waals surface area contributed by atoms with Gasteiger partial charge in [0.25, 0.3) is 0 Å². The monoisotopic (exact) mass is 363 g/mol. The summed E-state index contributed by atoms with van der Waals surface area (Å²) >= 11 is 6.32. The van der Waals surface area contributed by atoms with E-state index in [0.717, 1.165) is 22.5 Å². The normalized spacial score (nSPS) is 12.5. The number of thiazole rings is 1. The average molecular weight is 364 g/mol. The number of ketones is 1. The highest BCUT2D eigenvalue weighted by Crippen LogP contribution is 2.33. The second kappa shape index (κ2) is 6.12. The molecule has 0 atom stereocenters. The molecule has 0 radical (unpaired) electrons. The predicted octanol–water partition coefficient (Wildman–Crippen LogP) is 5.35. The van der Waals surface area contributed by atoms with Crippen LogP contribution in [0.5, 0.6) is 5.88 Å². The Morgan fingerprint density at radius 2 is 1.50 bits per heavy atom. The topological polar surface area (TPSA) is 42.2 Å². The smallest absolute Gasteiger partial charge is 0.214 e. The molecular weight excluding hydrogens is 338 g/mol. The lowest BCUT2D eigenvalue weighted by atomic mass is 9.79. The minimum atomic E-state index is -0.180. The van der Waals surface area contributed by atoms with Gasteiger partial charge >= 0.3 is 0 Å². The molecule has 3 nitrogen and oxygen atoms in total. The number of carbonyl (C=O) groups excluding carboxylic acids is 1. The van der Waals surface area contributed by atoms with Gasteiger partial charge in [-0.1, -0.05) is 58.9 Å². The van der Waals surface area contributed by atoms with Gasteiger partial charge in [0.2, 0.25) is 11.7 Å². The van der Waals surface area contributed by atoms with Crippen LogP contribution in [-0.4, -0.2) is 15.5 Å². The zero-order valence-corrected chi connectivity index (χ0v) is 17.0. The van der Waals surface area contributed by atoms with Crippen LogP contribution in [0.4, 0.5) is 0 Å². The summed E-state index contributed by atoms with van der Waals surface area (Å²) in [6.45, 7) is 12.8. The average Bonchev–Trinajstić information content (AvgIpc) is 2.72. The molecule has 0 aliphatic carbocycles. The van der Waals surface area contributed by atoms with Crippen molar-refractivity contribution in [1.82, 2.24) is 4.57 Å². The molecule has 0 aliphatic rings. The minimum Gasteiger partial charge on any atom is -0.493 e. The molecule has 0 saturated carbocycles. The molecule has 0 amide bonds. The number of carbonyl (C=O) groups is 1. The SMILES string of the molecule is Cn1c(O)c(C(=O)c2cc(C(C)(C)C)cc(C(C)(C)C)c2)sc1=S. The number of hydrogen-bond acceptors (Lipinski definition) is 4. The molecule has 1 aromatic heterocycles. The van der Waals surface area contributed by atoms with Crippen LogP contribution < -0.4 is 0 Å². The van der Waals surface area contributed by atoms with Gasteiger partial charge in [-0.05, 0) is 46.3 Å². The van der Waals surface area contributed by atoms with E-state index in [9.17, 15) is 9.90 Å². The summed E-state index contributed by atoms with van der Waals surface area (Å²) in [5.74, 6) is -0.241. The fourth-order valence-corrected chi connectivity index (χ4v) is 3.52. The van der Waals surface area contributed by atoms with Crippen molar-refractivity contribution in [1.29, 1.82) is 0 Å². The molecule has 0 fully saturated rings. The third kappa shape index (κ3) is 3.62.